The molecular weight excluding hydrogens is 240 g/mol. The summed E-state index contributed by atoms with van der Waals surface area (Å²) in [5, 5.41) is 2.88. The van der Waals surface area contributed by atoms with Gasteiger partial charge in [-0.3, -0.25) is 9.69 Å². The quantitative estimate of drug-likeness (QED) is 0.826. The molecule has 1 saturated carbocycles. The van der Waals surface area contributed by atoms with Gasteiger partial charge in [0.1, 0.15) is 0 Å². The molecule has 1 spiro atoms. The zero-order chi connectivity index (χ0) is 13.7. The molecule has 1 N–H and O–H groups in total. The second-order valence-corrected chi connectivity index (χ2v) is 6.05. The lowest BCUT2D eigenvalue weighted by molar-refractivity contribution is -0.122. The van der Waals surface area contributed by atoms with E-state index in [1.165, 1.54) is 32.1 Å². The highest BCUT2D eigenvalue weighted by Crippen LogP contribution is 2.47. The number of nitrogens with zero attached hydrogens (tertiary/aromatic N) is 1. The van der Waals surface area contributed by atoms with Gasteiger partial charge in [-0.05, 0) is 64.5 Å². The summed E-state index contributed by atoms with van der Waals surface area (Å²) >= 11 is 0. The summed E-state index contributed by atoms with van der Waals surface area (Å²) in [5.74, 6) is 0.164. The Morgan fingerprint density at radius 2 is 2.05 bits per heavy atom. The van der Waals surface area contributed by atoms with E-state index in [0.29, 0.717) is 18.1 Å². The van der Waals surface area contributed by atoms with Crippen LogP contribution in [0.1, 0.15) is 46.0 Å². The fourth-order valence-corrected chi connectivity index (χ4v) is 3.63. The van der Waals surface area contributed by atoms with Crippen molar-refractivity contribution in [3.05, 3.63) is 0 Å². The number of likely N-dealkylation sites (N-methyl/N-ethyl adjacent to an activating group) is 1. The van der Waals surface area contributed by atoms with Crippen molar-refractivity contribution in [2.45, 2.75) is 52.1 Å². The van der Waals surface area contributed by atoms with Crippen molar-refractivity contribution in [1.29, 1.82) is 0 Å². The lowest BCUT2D eigenvalue weighted by atomic mass is 9.77. The Labute approximate surface area is 116 Å². The van der Waals surface area contributed by atoms with Crippen LogP contribution in [0, 0.1) is 5.41 Å². The van der Waals surface area contributed by atoms with Gasteiger partial charge >= 0.3 is 0 Å². The third-order valence-corrected chi connectivity index (χ3v) is 4.72. The van der Waals surface area contributed by atoms with E-state index in [1.54, 1.807) is 0 Å². The van der Waals surface area contributed by atoms with Gasteiger partial charge in [0.25, 0.3) is 0 Å². The Morgan fingerprint density at radius 1 is 1.32 bits per heavy atom. The molecule has 0 radical (unpaired) electrons. The molecule has 4 nitrogen and oxygen atoms in total. The first-order valence-electron chi connectivity index (χ1n) is 7.78. The van der Waals surface area contributed by atoms with Crippen LogP contribution < -0.4 is 5.32 Å². The fourth-order valence-electron chi connectivity index (χ4n) is 3.63. The molecule has 0 aromatic rings. The van der Waals surface area contributed by atoms with E-state index in [0.717, 1.165) is 26.2 Å². The zero-order valence-corrected chi connectivity index (χ0v) is 12.4. The highest BCUT2D eigenvalue weighted by atomic mass is 16.5. The van der Waals surface area contributed by atoms with Gasteiger partial charge in [0.2, 0.25) is 5.91 Å². The second-order valence-electron chi connectivity index (χ2n) is 6.05. The standard InChI is InChI=1S/C15H28N2O2/c1-3-16-14(18)12-17-9-7-15(8-10-17)6-5-13(11-15)19-4-2/h13H,3-12H2,1-2H3,(H,16,18)/t13-/m1/s1. The van der Waals surface area contributed by atoms with Crippen LogP contribution in [0.25, 0.3) is 0 Å². The summed E-state index contributed by atoms with van der Waals surface area (Å²) in [4.78, 5) is 13.9. The van der Waals surface area contributed by atoms with Gasteiger partial charge in [-0.2, -0.15) is 0 Å². The summed E-state index contributed by atoms with van der Waals surface area (Å²) in [5.41, 5.74) is 0.511. The van der Waals surface area contributed by atoms with Crippen LogP contribution in [0.3, 0.4) is 0 Å². The van der Waals surface area contributed by atoms with E-state index in [2.05, 4.69) is 17.1 Å². The molecule has 1 saturated heterocycles. The van der Waals surface area contributed by atoms with Crippen LogP contribution in [0.4, 0.5) is 0 Å². The minimum atomic E-state index is 0.164. The monoisotopic (exact) mass is 268 g/mol. The zero-order valence-electron chi connectivity index (χ0n) is 12.4. The maximum absolute atomic E-state index is 11.6. The fraction of sp³-hybridized carbons (Fsp3) is 0.933. The third kappa shape index (κ3) is 3.93. The molecule has 1 aliphatic heterocycles. The maximum atomic E-state index is 11.6. The number of piperidine rings is 1. The molecule has 110 valence electrons. The first-order valence-corrected chi connectivity index (χ1v) is 7.78. The molecule has 0 bridgehead atoms. The molecule has 4 heteroatoms. The normalized spacial score (nSPS) is 26.7. The number of carbonyl (C=O) groups is 1. The Kier molecular flexibility index (Phi) is 5.22. The number of carbonyl (C=O) groups excluding carboxylic acids is 1. The minimum absolute atomic E-state index is 0.164. The van der Waals surface area contributed by atoms with Gasteiger partial charge < -0.3 is 10.1 Å². The van der Waals surface area contributed by atoms with Crippen molar-refractivity contribution in [2.75, 3.05) is 32.8 Å². The van der Waals surface area contributed by atoms with Crippen LogP contribution in [0.2, 0.25) is 0 Å². The Balaban J connectivity index is 1.75. The van der Waals surface area contributed by atoms with Crippen LogP contribution in [-0.4, -0.2) is 49.7 Å². The maximum Gasteiger partial charge on any atom is 0.234 e. The van der Waals surface area contributed by atoms with Crippen LogP contribution in [-0.2, 0) is 9.53 Å². The van der Waals surface area contributed by atoms with E-state index >= 15 is 0 Å². The Bertz CT molecular complexity index is 299. The summed E-state index contributed by atoms with van der Waals surface area (Å²) in [6.45, 7) is 8.32. The highest BCUT2D eigenvalue weighted by molar-refractivity contribution is 5.77. The van der Waals surface area contributed by atoms with Crippen molar-refractivity contribution in [3.8, 4) is 0 Å². The van der Waals surface area contributed by atoms with Crippen molar-refractivity contribution < 1.29 is 9.53 Å². The number of rotatable bonds is 5. The number of nitrogens with one attached hydrogen (secondary N) is 1. The minimum Gasteiger partial charge on any atom is -0.378 e. The second kappa shape index (κ2) is 6.71. The van der Waals surface area contributed by atoms with Crippen LogP contribution in [0.5, 0.6) is 0 Å². The van der Waals surface area contributed by atoms with Gasteiger partial charge in [-0.1, -0.05) is 0 Å². The number of ether oxygens (including phenoxy) is 1. The van der Waals surface area contributed by atoms with Crippen molar-refractivity contribution >= 4 is 5.91 Å². The van der Waals surface area contributed by atoms with E-state index in [-0.39, 0.29) is 5.91 Å². The molecule has 1 amide bonds. The molecule has 0 aromatic heterocycles. The van der Waals surface area contributed by atoms with E-state index in [9.17, 15) is 4.79 Å². The van der Waals surface area contributed by atoms with Gasteiger partial charge in [0.15, 0.2) is 0 Å². The largest absolute Gasteiger partial charge is 0.378 e. The van der Waals surface area contributed by atoms with E-state index < -0.39 is 0 Å². The number of hydrogen-bond acceptors (Lipinski definition) is 3. The molecule has 0 unspecified atom stereocenters. The third-order valence-electron chi connectivity index (χ3n) is 4.72. The van der Waals surface area contributed by atoms with Crippen molar-refractivity contribution in [3.63, 3.8) is 0 Å². The van der Waals surface area contributed by atoms with Crippen LogP contribution in [0.15, 0.2) is 0 Å². The molecule has 1 heterocycles. The molecule has 1 aliphatic carbocycles. The number of amides is 1. The van der Waals surface area contributed by atoms with Gasteiger partial charge in [0, 0.05) is 13.2 Å². The van der Waals surface area contributed by atoms with Gasteiger partial charge in [0.05, 0.1) is 12.6 Å². The number of likely N-dealkylation sites (tertiary alicyclic amines) is 1. The van der Waals surface area contributed by atoms with Gasteiger partial charge in [-0.15, -0.1) is 0 Å². The van der Waals surface area contributed by atoms with E-state index in [4.69, 9.17) is 4.74 Å². The molecule has 0 aromatic carbocycles. The number of hydrogen-bond donors (Lipinski definition) is 1. The summed E-state index contributed by atoms with van der Waals surface area (Å²) < 4.78 is 5.78. The SMILES string of the molecule is CCNC(=O)CN1CCC2(CC[C@@H](OCC)C2)CC1. The summed E-state index contributed by atoms with van der Waals surface area (Å²) in [6, 6.07) is 0. The lowest BCUT2D eigenvalue weighted by Gasteiger charge is -2.39. The average molecular weight is 268 g/mol. The first-order chi connectivity index (χ1) is 9.17. The van der Waals surface area contributed by atoms with E-state index in [1.807, 2.05) is 6.92 Å². The predicted molar refractivity (Wildman–Crippen MR) is 76.1 cm³/mol. The lowest BCUT2D eigenvalue weighted by Crippen LogP contribution is -2.44. The topological polar surface area (TPSA) is 41.6 Å². The molecule has 2 fully saturated rings. The van der Waals surface area contributed by atoms with Crippen LogP contribution >= 0.6 is 0 Å². The molecule has 19 heavy (non-hydrogen) atoms. The smallest absolute Gasteiger partial charge is 0.234 e. The molecule has 2 rings (SSSR count). The van der Waals surface area contributed by atoms with Crippen molar-refractivity contribution in [2.24, 2.45) is 5.41 Å². The highest BCUT2D eigenvalue weighted by Gasteiger charge is 2.41. The first kappa shape index (κ1) is 14.8. The summed E-state index contributed by atoms with van der Waals surface area (Å²) in [6.07, 6.45) is 6.72. The molecule has 1 atom stereocenters. The van der Waals surface area contributed by atoms with Crippen molar-refractivity contribution in [1.82, 2.24) is 10.2 Å². The Morgan fingerprint density at radius 3 is 2.68 bits per heavy atom. The average Bonchev–Trinajstić information content (AvgIpc) is 2.77. The summed E-state index contributed by atoms with van der Waals surface area (Å²) in [7, 11) is 0. The molecular formula is C15H28N2O2. The molecule has 2 aliphatic rings. The Hall–Kier alpha value is -0.610. The predicted octanol–water partition coefficient (Wildman–Crippen LogP) is 1.79. The van der Waals surface area contributed by atoms with Gasteiger partial charge in [-0.25, -0.2) is 0 Å².